The zero-order valence-electron chi connectivity index (χ0n) is 17.5. The zero-order chi connectivity index (χ0) is 22.4. The van der Waals surface area contributed by atoms with Crippen molar-refractivity contribution in [1.82, 2.24) is 0 Å². The van der Waals surface area contributed by atoms with Crippen LogP contribution in [0.25, 0.3) is 0 Å². The molecule has 0 aromatic carbocycles. The van der Waals surface area contributed by atoms with Crippen molar-refractivity contribution in [3.8, 4) is 0 Å². The van der Waals surface area contributed by atoms with Gasteiger partial charge in [-0.15, -0.1) is 12.0 Å². The summed E-state index contributed by atoms with van der Waals surface area (Å²) in [6.45, 7) is 11.3. The quantitative estimate of drug-likeness (QED) is 0.318. The molecule has 0 heterocycles. The summed E-state index contributed by atoms with van der Waals surface area (Å²) in [6, 6.07) is 0. The SMILES string of the molecule is C=CC(=O)O.C=CC(=O)O.C=CC(=O)O.CC1C2=C(CCC[CH-]2)C2=C1CCCC2.[Ti]. The first-order valence-corrected chi connectivity index (χ1v) is 9.54. The van der Waals surface area contributed by atoms with Crippen molar-refractivity contribution in [2.45, 2.75) is 51.9 Å². The average molecular weight is 451 g/mol. The number of hydrogen-bond acceptors (Lipinski definition) is 3. The fourth-order valence-electron chi connectivity index (χ4n) is 3.51. The number of aliphatic carboxylic acids is 3. The van der Waals surface area contributed by atoms with Crippen molar-refractivity contribution in [2.24, 2.45) is 5.92 Å². The number of rotatable bonds is 3. The van der Waals surface area contributed by atoms with Crippen LogP contribution in [-0.4, -0.2) is 33.2 Å². The van der Waals surface area contributed by atoms with Crippen molar-refractivity contribution in [2.75, 3.05) is 0 Å². The molecule has 0 aromatic heterocycles. The van der Waals surface area contributed by atoms with E-state index in [0.717, 1.165) is 24.1 Å². The molecule has 0 bridgehead atoms. The third-order valence-corrected chi connectivity index (χ3v) is 4.73. The fraction of sp³-hybridized carbons (Fsp3) is 0.391. The molecule has 3 aliphatic carbocycles. The van der Waals surface area contributed by atoms with E-state index in [1.807, 2.05) is 0 Å². The number of carboxylic acids is 3. The topological polar surface area (TPSA) is 112 Å². The maximum Gasteiger partial charge on any atom is 0.327 e. The van der Waals surface area contributed by atoms with Gasteiger partial charge in [0, 0.05) is 39.9 Å². The number of hydrogen-bond donors (Lipinski definition) is 3. The average Bonchev–Trinajstić information content (AvgIpc) is 3.02. The summed E-state index contributed by atoms with van der Waals surface area (Å²) in [4.78, 5) is 27.8. The largest absolute Gasteiger partial charge is 0.478 e. The summed E-state index contributed by atoms with van der Waals surface area (Å²) < 4.78 is 0. The third-order valence-electron chi connectivity index (χ3n) is 4.73. The molecule has 3 aliphatic rings. The van der Waals surface area contributed by atoms with Crippen LogP contribution in [0.4, 0.5) is 0 Å². The Morgan fingerprint density at radius 2 is 1.23 bits per heavy atom. The fourth-order valence-corrected chi connectivity index (χ4v) is 3.51. The molecule has 3 N–H and O–H groups in total. The summed E-state index contributed by atoms with van der Waals surface area (Å²) >= 11 is 0. The van der Waals surface area contributed by atoms with E-state index in [-0.39, 0.29) is 21.7 Å². The normalized spacial score (nSPS) is 17.8. The second-order valence-corrected chi connectivity index (χ2v) is 6.59. The van der Waals surface area contributed by atoms with Crippen molar-refractivity contribution in [3.05, 3.63) is 66.7 Å². The minimum absolute atomic E-state index is 0. The van der Waals surface area contributed by atoms with Crippen molar-refractivity contribution in [3.63, 3.8) is 0 Å². The molecule has 0 amide bonds. The monoisotopic (exact) mass is 451 g/mol. The van der Waals surface area contributed by atoms with E-state index in [2.05, 4.69) is 33.1 Å². The van der Waals surface area contributed by atoms with Gasteiger partial charge in [-0.05, 0) is 25.2 Å². The molecule has 6 nitrogen and oxygen atoms in total. The molecule has 0 aromatic rings. The minimum atomic E-state index is -0.981. The summed E-state index contributed by atoms with van der Waals surface area (Å²) in [6.07, 6.45) is 14.7. The number of carboxylic acid groups (broad SMARTS) is 3. The van der Waals surface area contributed by atoms with E-state index >= 15 is 0 Å². The van der Waals surface area contributed by atoms with E-state index in [9.17, 15) is 14.4 Å². The Kier molecular flexibility index (Phi) is 16.4. The second-order valence-electron chi connectivity index (χ2n) is 6.59. The van der Waals surface area contributed by atoms with Gasteiger partial charge in [-0.2, -0.15) is 5.57 Å². The van der Waals surface area contributed by atoms with Crippen LogP contribution in [0, 0.1) is 12.3 Å². The van der Waals surface area contributed by atoms with Gasteiger partial charge in [-0.3, -0.25) is 0 Å². The van der Waals surface area contributed by atoms with Gasteiger partial charge in [-0.1, -0.05) is 51.5 Å². The van der Waals surface area contributed by atoms with Gasteiger partial charge < -0.3 is 15.3 Å². The van der Waals surface area contributed by atoms with Crippen LogP contribution >= 0.6 is 0 Å². The maximum absolute atomic E-state index is 9.25. The van der Waals surface area contributed by atoms with E-state index in [4.69, 9.17) is 15.3 Å². The molecule has 0 aliphatic heterocycles. The molecule has 0 saturated carbocycles. The summed E-state index contributed by atoms with van der Waals surface area (Å²) in [5.41, 5.74) is 7.07. The first-order valence-electron chi connectivity index (χ1n) is 9.54. The van der Waals surface area contributed by atoms with Crippen LogP contribution in [0.1, 0.15) is 51.9 Å². The third kappa shape index (κ3) is 11.0. The summed E-state index contributed by atoms with van der Waals surface area (Å²) in [7, 11) is 0. The van der Waals surface area contributed by atoms with Crippen molar-refractivity contribution >= 4 is 17.9 Å². The van der Waals surface area contributed by atoms with Crippen LogP contribution in [0.15, 0.2) is 60.3 Å². The van der Waals surface area contributed by atoms with Gasteiger partial charge >= 0.3 is 17.9 Å². The number of fused-ring (bicyclic) bond motifs is 1. The Hall–Kier alpha value is -2.31. The van der Waals surface area contributed by atoms with Crippen LogP contribution < -0.4 is 0 Å². The first-order chi connectivity index (χ1) is 13.7. The van der Waals surface area contributed by atoms with Crippen molar-refractivity contribution in [1.29, 1.82) is 0 Å². The predicted octanol–water partition coefficient (Wildman–Crippen LogP) is 4.96. The zero-order valence-corrected chi connectivity index (χ0v) is 19.1. The maximum atomic E-state index is 9.25. The molecule has 1 atom stereocenters. The number of allylic oxidation sites excluding steroid dienone is 4. The van der Waals surface area contributed by atoms with E-state index in [1.165, 1.54) is 44.9 Å². The Bertz CT molecular complexity index is 628. The summed E-state index contributed by atoms with van der Waals surface area (Å²) in [5.74, 6) is -2.17. The molecule has 0 saturated heterocycles. The minimum Gasteiger partial charge on any atom is -0.478 e. The molecule has 1 unspecified atom stereocenters. The van der Waals surface area contributed by atoms with Gasteiger partial charge in [0.05, 0.1) is 0 Å². The summed E-state index contributed by atoms with van der Waals surface area (Å²) in [5, 5.41) is 22.8. The van der Waals surface area contributed by atoms with Gasteiger partial charge in [0.15, 0.2) is 0 Å². The van der Waals surface area contributed by atoms with E-state index in [1.54, 1.807) is 22.3 Å². The van der Waals surface area contributed by atoms with Crippen LogP contribution in [0.2, 0.25) is 0 Å². The first kappa shape index (κ1) is 29.9. The molecule has 3 rings (SSSR count). The molecule has 7 heteroatoms. The van der Waals surface area contributed by atoms with E-state index in [0.29, 0.717) is 0 Å². The Balaban J connectivity index is 0. The predicted molar refractivity (Wildman–Crippen MR) is 113 cm³/mol. The standard InChI is InChI=1S/C14H19.3C3H4O2.Ti/c1-10-11-6-2-4-8-13(11)14-9-5-3-7-12(10)14;3*1-2-3(4)5;/h6,10H,2-5,7-9H2,1H3;3*2H,1H2,(H,4,5);/q-1;;;;. The second kappa shape index (κ2) is 16.5. The van der Waals surface area contributed by atoms with Crippen LogP contribution in [0.3, 0.4) is 0 Å². The van der Waals surface area contributed by atoms with Crippen LogP contribution in [0.5, 0.6) is 0 Å². The molecular formula is C23H31O6Ti-. The molecule has 30 heavy (non-hydrogen) atoms. The van der Waals surface area contributed by atoms with E-state index < -0.39 is 17.9 Å². The Labute approximate surface area is 193 Å². The van der Waals surface area contributed by atoms with Gasteiger partial charge in [0.1, 0.15) is 0 Å². The molecule has 0 fully saturated rings. The smallest absolute Gasteiger partial charge is 0.327 e. The van der Waals surface area contributed by atoms with Gasteiger partial charge in [0.25, 0.3) is 0 Å². The molecule has 0 spiro atoms. The Morgan fingerprint density at radius 1 is 0.833 bits per heavy atom. The molecule has 0 radical (unpaired) electrons. The Morgan fingerprint density at radius 3 is 1.67 bits per heavy atom. The van der Waals surface area contributed by atoms with Crippen molar-refractivity contribution < 1.29 is 51.4 Å². The van der Waals surface area contributed by atoms with Gasteiger partial charge in [-0.25, -0.2) is 26.4 Å². The number of carbonyl (C=O) groups is 3. The van der Waals surface area contributed by atoms with Crippen LogP contribution in [-0.2, 0) is 36.1 Å². The van der Waals surface area contributed by atoms with Gasteiger partial charge in [0.2, 0.25) is 0 Å². The molecule has 164 valence electrons. The molecular weight excluding hydrogens is 420 g/mol.